The maximum Gasteiger partial charge on any atom is 0.241 e. The van der Waals surface area contributed by atoms with Crippen molar-refractivity contribution in [2.75, 3.05) is 0 Å². The highest BCUT2D eigenvalue weighted by molar-refractivity contribution is 7.89. The third-order valence-corrected chi connectivity index (χ3v) is 5.21. The Balaban J connectivity index is 2.20. The Hall–Kier alpha value is -1.68. The number of nitriles is 1. The van der Waals surface area contributed by atoms with Crippen LogP contribution < -0.4 is 4.72 Å². The van der Waals surface area contributed by atoms with E-state index in [4.69, 9.17) is 5.26 Å². The molecule has 0 bridgehead atoms. The van der Waals surface area contributed by atoms with E-state index >= 15 is 0 Å². The van der Waals surface area contributed by atoms with Gasteiger partial charge in [0.05, 0.1) is 22.6 Å². The summed E-state index contributed by atoms with van der Waals surface area (Å²) in [7, 11) is -3.56. The fourth-order valence-corrected chi connectivity index (χ4v) is 3.64. The van der Waals surface area contributed by atoms with Gasteiger partial charge in [-0.15, -0.1) is 11.3 Å². The molecule has 1 aromatic carbocycles. The Bertz CT molecular complexity index is 683. The van der Waals surface area contributed by atoms with Gasteiger partial charge in [0.1, 0.15) is 0 Å². The quantitative estimate of drug-likeness (QED) is 0.941. The molecule has 0 saturated carbocycles. The highest BCUT2D eigenvalue weighted by atomic mass is 32.2. The van der Waals surface area contributed by atoms with Gasteiger partial charge in [0, 0.05) is 4.88 Å². The van der Waals surface area contributed by atoms with Crippen LogP contribution in [0.1, 0.15) is 23.4 Å². The summed E-state index contributed by atoms with van der Waals surface area (Å²) in [6.45, 7) is 1.80. The zero-order valence-corrected chi connectivity index (χ0v) is 11.8. The van der Waals surface area contributed by atoms with Gasteiger partial charge >= 0.3 is 0 Å². The van der Waals surface area contributed by atoms with E-state index in [-0.39, 0.29) is 10.9 Å². The number of rotatable bonds is 4. The van der Waals surface area contributed by atoms with E-state index < -0.39 is 10.0 Å². The summed E-state index contributed by atoms with van der Waals surface area (Å²) in [5.74, 6) is 0. The molecule has 0 unspecified atom stereocenters. The molecule has 4 nitrogen and oxygen atoms in total. The van der Waals surface area contributed by atoms with Gasteiger partial charge in [0.25, 0.3) is 0 Å². The van der Waals surface area contributed by atoms with Crippen molar-refractivity contribution in [1.82, 2.24) is 4.72 Å². The summed E-state index contributed by atoms with van der Waals surface area (Å²) in [6.07, 6.45) is 0. The first kappa shape index (κ1) is 13.7. The number of sulfonamides is 1. The lowest BCUT2D eigenvalue weighted by atomic mass is 10.2. The van der Waals surface area contributed by atoms with Crippen LogP contribution in [0.15, 0.2) is 46.7 Å². The number of nitrogens with zero attached hydrogens (tertiary/aromatic N) is 1. The van der Waals surface area contributed by atoms with Gasteiger partial charge in [0.15, 0.2) is 0 Å². The summed E-state index contributed by atoms with van der Waals surface area (Å²) in [4.78, 5) is 1.12. The van der Waals surface area contributed by atoms with Crippen molar-refractivity contribution in [1.29, 1.82) is 5.26 Å². The second-order valence-corrected chi connectivity index (χ2v) is 6.69. The zero-order chi connectivity index (χ0) is 13.9. The summed E-state index contributed by atoms with van der Waals surface area (Å²) in [6, 6.07) is 11.3. The molecule has 0 radical (unpaired) electrons. The Morgan fingerprint density at radius 2 is 1.95 bits per heavy atom. The van der Waals surface area contributed by atoms with E-state index in [2.05, 4.69) is 4.72 Å². The SMILES string of the molecule is C[C@@H](NS(=O)(=O)c1ccc(C#N)cc1)c1cccs1. The van der Waals surface area contributed by atoms with Crippen molar-refractivity contribution < 1.29 is 8.42 Å². The molecule has 1 N–H and O–H groups in total. The van der Waals surface area contributed by atoms with Crippen molar-refractivity contribution in [3.8, 4) is 6.07 Å². The summed E-state index contributed by atoms with van der Waals surface area (Å²) in [5, 5.41) is 10.6. The van der Waals surface area contributed by atoms with Crippen molar-refractivity contribution >= 4 is 21.4 Å². The molecular weight excluding hydrogens is 280 g/mol. The molecule has 0 fully saturated rings. The van der Waals surface area contributed by atoms with E-state index in [0.29, 0.717) is 5.56 Å². The Morgan fingerprint density at radius 1 is 1.26 bits per heavy atom. The number of thiophene rings is 1. The molecule has 0 aliphatic rings. The van der Waals surface area contributed by atoms with Gasteiger partial charge in [-0.3, -0.25) is 0 Å². The minimum absolute atomic E-state index is 0.162. The molecule has 1 aromatic heterocycles. The second-order valence-electron chi connectivity index (χ2n) is 3.99. The van der Waals surface area contributed by atoms with Crippen LogP contribution in [0.2, 0.25) is 0 Å². The van der Waals surface area contributed by atoms with E-state index in [1.165, 1.54) is 35.6 Å². The lowest BCUT2D eigenvalue weighted by Gasteiger charge is -2.12. The summed E-state index contributed by atoms with van der Waals surface area (Å²) >= 11 is 1.50. The van der Waals surface area contributed by atoms with Gasteiger partial charge in [-0.25, -0.2) is 13.1 Å². The maximum absolute atomic E-state index is 12.1. The average molecular weight is 292 g/mol. The van der Waals surface area contributed by atoms with Crippen molar-refractivity contribution in [3.05, 3.63) is 52.2 Å². The molecule has 0 aliphatic heterocycles. The molecule has 0 amide bonds. The highest BCUT2D eigenvalue weighted by Gasteiger charge is 2.18. The van der Waals surface area contributed by atoms with E-state index in [0.717, 1.165) is 4.88 Å². The monoisotopic (exact) mass is 292 g/mol. The van der Waals surface area contributed by atoms with Crippen LogP contribution >= 0.6 is 11.3 Å². The lowest BCUT2D eigenvalue weighted by molar-refractivity contribution is 0.568. The predicted molar refractivity (Wildman–Crippen MR) is 74.2 cm³/mol. The van der Waals surface area contributed by atoms with Crippen LogP contribution in [0.5, 0.6) is 0 Å². The van der Waals surface area contributed by atoms with E-state index in [9.17, 15) is 8.42 Å². The number of hydrogen-bond donors (Lipinski definition) is 1. The van der Waals surface area contributed by atoms with Crippen molar-refractivity contribution in [2.45, 2.75) is 17.9 Å². The third kappa shape index (κ3) is 3.20. The molecule has 1 atom stereocenters. The molecule has 2 rings (SSSR count). The first-order valence-corrected chi connectivity index (χ1v) is 7.95. The van der Waals surface area contributed by atoms with Crippen LogP contribution in [0.4, 0.5) is 0 Å². The smallest absolute Gasteiger partial charge is 0.207 e. The van der Waals surface area contributed by atoms with Gasteiger partial charge in [0.2, 0.25) is 10.0 Å². The number of nitrogens with one attached hydrogen (secondary N) is 1. The number of hydrogen-bond acceptors (Lipinski definition) is 4. The van der Waals surface area contributed by atoms with Crippen molar-refractivity contribution in [2.24, 2.45) is 0 Å². The Morgan fingerprint density at radius 3 is 2.47 bits per heavy atom. The van der Waals surface area contributed by atoms with Gasteiger partial charge in [-0.1, -0.05) is 6.07 Å². The lowest BCUT2D eigenvalue weighted by Crippen LogP contribution is -2.26. The second kappa shape index (κ2) is 5.53. The molecule has 0 saturated heterocycles. The molecule has 6 heteroatoms. The van der Waals surface area contributed by atoms with Crippen LogP contribution in [-0.2, 0) is 10.0 Å². The topological polar surface area (TPSA) is 70.0 Å². The molecule has 1 heterocycles. The molecule has 98 valence electrons. The third-order valence-electron chi connectivity index (χ3n) is 2.60. The van der Waals surface area contributed by atoms with Gasteiger partial charge < -0.3 is 0 Å². The fourth-order valence-electron chi connectivity index (χ4n) is 1.61. The average Bonchev–Trinajstić information content (AvgIpc) is 2.92. The largest absolute Gasteiger partial charge is 0.241 e. The molecule has 2 aromatic rings. The van der Waals surface area contributed by atoms with Crippen LogP contribution in [0.25, 0.3) is 0 Å². The molecular formula is C13H12N2O2S2. The van der Waals surface area contributed by atoms with E-state index in [1.54, 1.807) is 6.92 Å². The van der Waals surface area contributed by atoms with Gasteiger partial charge in [-0.2, -0.15) is 5.26 Å². The Kier molecular flexibility index (Phi) is 4.00. The first-order chi connectivity index (χ1) is 9.03. The first-order valence-electron chi connectivity index (χ1n) is 5.59. The molecule has 0 spiro atoms. The standard InChI is InChI=1S/C13H12N2O2S2/c1-10(13-3-2-8-18-13)15-19(16,17)12-6-4-11(9-14)5-7-12/h2-8,10,15H,1H3/t10-/m1/s1. The predicted octanol–water partition coefficient (Wildman–Crippen LogP) is 2.66. The normalized spacial score (nSPS) is 12.8. The number of benzene rings is 1. The van der Waals surface area contributed by atoms with Gasteiger partial charge in [-0.05, 0) is 42.6 Å². The summed E-state index contributed by atoms with van der Waals surface area (Å²) < 4.78 is 26.9. The Labute approximate surface area is 116 Å². The minimum Gasteiger partial charge on any atom is -0.207 e. The van der Waals surface area contributed by atoms with Crippen molar-refractivity contribution in [3.63, 3.8) is 0 Å². The summed E-state index contributed by atoms with van der Waals surface area (Å²) in [5.41, 5.74) is 0.435. The van der Waals surface area contributed by atoms with Crippen LogP contribution in [0, 0.1) is 11.3 Å². The minimum atomic E-state index is -3.56. The molecule has 0 aliphatic carbocycles. The van der Waals surface area contributed by atoms with Crippen LogP contribution in [-0.4, -0.2) is 8.42 Å². The fraction of sp³-hybridized carbons (Fsp3) is 0.154. The van der Waals surface area contributed by atoms with Crippen LogP contribution in [0.3, 0.4) is 0 Å². The zero-order valence-electron chi connectivity index (χ0n) is 10.2. The molecule has 19 heavy (non-hydrogen) atoms. The van der Waals surface area contributed by atoms with E-state index in [1.807, 2.05) is 23.6 Å². The maximum atomic E-state index is 12.1. The highest BCUT2D eigenvalue weighted by Crippen LogP contribution is 2.21.